The van der Waals surface area contributed by atoms with Gasteiger partial charge in [-0.15, -0.1) is 5.06 Å². The van der Waals surface area contributed by atoms with Crippen LogP contribution in [0.15, 0.2) is 24.3 Å². The largest absolute Gasteiger partial charge is 0.289 e. The van der Waals surface area contributed by atoms with Crippen molar-refractivity contribution >= 4 is 39.9 Å². The highest BCUT2D eigenvalue weighted by molar-refractivity contribution is 6.40. The second-order valence-electron chi connectivity index (χ2n) is 6.35. The first-order valence-corrected chi connectivity index (χ1v) is 7.47. The van der Waals surface area contributed by atoms with Crippen molar-refractivity contribution in [1.29, 1.82) is 0 Å². The Morgan fingerprint density at radius 1 is 1.17 bits per heavy atom. The molecule has 2 aromatic carbocycles. The molecule has 0 bridgehead atoms. The summed E-state index contributed by atoms with van der Waals surface area (Å²) in [4.78, 5) is 41.3. The molecule has 2 amide bonds. The highest BCUT2D eigenvalue weighted by atomic mass is 35.5. The van der Waals surface area contributed by atoms with Gasteiger partial charge in [-0.2, -0.15) is 0 Å². The van der Waals surface area contributed by atoms with E-state index in [0.29, 0.717) is 10.4 Å². The van der Waals surface area contributed by atoms with Crippen molar-refractivity contribution in [2.45, 2.75) is 26.4 Å². The molecule has 1 aliphatic rings. The van der Waals surface area contributed by atoms with Crippen LogP contribution in [0, 0.1) is 10.1 Å². The van der Waals surface area contributed by atoms with Crippen LogP contribution in [0.4, 0.5) is 5.69 Å². The van der Waals surface area contributed by atoms with Gasteiger partial charge < -0.3 is 0 Å². The van der Waals surface area contributed by atoms with E-state index in [0.717, 1.165) is 6.07 Å². The van der Waals surface area contributed by atoms with Gasteiger partial charge in [0.05, 0.1) is 21.7 Å². The predicted octanol–water partition coefficient (Wildman–Crippen LogP) is 3.73. The average molecular weight is 349 g/mol. The van der Waals surface area contributed by atoms with E-state index in [1.807, 2.05) is 0 Å². The van der Waals surface area contributed by atoms with Gasteiger partial charge >= 0.3 is 0 Å². The minimum Gasteiger partial charge on any atom is -0.266 e. The van der Waals surface area contributed by atoms with Crippen LogP contribution >= 0.6 is 11.6 Å². The van der Waals surface area contributed by atoms with Crippen molar-refractivity contribution in [2.75, 3.05) is 0 Å². The van der Waals surface area contributed by atoms with Crippen LogP contribution in [-0.4, -0.2) is 27.4 Å². The molecule has 0 saturated heterocycles. The number of hydroxylamine groups is 2. The first-order chi connectivity index (χ1) is 11.1. The molecule has 1 aliphatic heterocycles. The van der Waals surface area contributed by atoms with Crippen molar-refractivity contribution in [3.05, 3.63) is 50.5 Å². The lowest BCUT2D eigenvalue weighted by atomic mass is 9.94. The van der Waals surface area contributed by atoms with Gasteiger partial charge in [0.1, 0.15) is 5.02 Å². The fourth-order valence-corrected chi connectivity index (χ4v) is 2.86. The van der Waals surface area contributed by atoms with E-state index in [4.69, 9.17) is 16.4 Å². The monoisotopic (exact) mass is 348 g/mol. The number of rotatable bonds is 2. The van der Waals surface area contributed by atoms with E-state index in [-0.39, 0.29) is 21.5 Å². The fourth-order valence-electron chi connectivity index (χ4n) is 2.58. The Kier molecular flexibility index (Phi) is 3.58. The van der Waals surface area contributed by atoms with Gasteiger partial charge in [-0.3, -0.25) is 24.5 Å². The van der Waals surface area contributed by atoms with Gasteiger partial charge in [0, 0.05) is 16.8 Å². The van der Waals surface area contributed by atoms with Gasteiger partial charge in [-0.05, 0) is 26.8 Å². The first-order valence-electron chi connectivity index (χ1n) is 7.09. The third-order valence-electron chi connectivity index (χ3n) is 3.47. The third-order valence-corrected chi connectivity index (χ3v) is 3.87. The van der Waals surface area contributed by atoms with Gasteiger partial charge in [-0.1, -0.05) is 23.7 Å². The summed E-state index contributed by atoms with van der Waals surface area (Å²) in [5.74, 6) is -1.38. The first kappa shape index (κ1) is 16.4. The third kappa shape index (κ3) is 2.42. The molecule has 0 fully saturated rings. The van der Waals surface area contributed by atoms with E-state index in [1.54, 1.807) is 32.9 Å². The second kappa shape index (κ2) is 5.25. The smallest absolute Gasteiger partial charge is 0.266 e. The number of carbonyl (C=O) groups excluding carboxylic acids is 2. The zero-order chi connectivity index (χ0) is 17.8. The number of hydrogen-bond acceptors (Lipinski definition) is 5. The molecule has 0 atom stereocenters. The van der Waals surface area contributed by atoms with Gasteiger partial charge in [0.2, 0.25) is 0 Å². The predicted molar refractivity (Wildman–Crippen MR) is 87.0 cm³/mol. The van der Waals surface area contributed by atoms with Crippen molar-refractivity contribution in [2.24, 2.45) is 0 Å². The summed E-state index contributed by atoms with van der Waals surface area (Å²) >= 11 is 6.09. The minimum atomic E-state index is -0.797. The molecule has 124 valence electrons. The van der Waals surface area contributed by atoms with Crippen LogP contribution in [0.25, 0.3) is 10.8 Å². The Bertz CT molecular complexity index is 917. The van der Waals surface area contributed by atoms with E-state index in [2.05, 4.69) is 0 Å². The van der Waals surface area contributed by atoms with Crippen LogP contribution in [0.3, 0.4) is 0 Å². The SMILES string of the molecule is CC(C)(C)ON1C(=O)c2cccc3c(Cl)c([N+](=O)[O-])cc(c23)C1=O. The van der Waals surface area contributed by atoms with E-state index < -0.39 is 28.0 Å². The van der Waals surface area contributed by atoms with Crippen molar-refractivity contribution < 1.29 is 19.3 Å². The Balaban J connectivity index is 2.33. The number of hydrogen-bond donors (Lipinski definition) is 0. The molecule has 0 saturated carbocycles. The Morgan fingerprint density at radius 2 is 1.79 bits per heavy atom. The number of halogens is 1. The number of nitro groups is 1. The molecule has 8 heteroatoms. The summed E-state index contributed by atoms with van der Waals surface area (Å²) in [6.07, 6.45) is 0. The number of amides is 2. The number of benzene rings is 2. The molecule has 0 spiro atoms. The maximum atomic E-state index is 12.7. The van der Waals surface area contributed by atoms with Crippen LogP contribution in [-0.2, 0) is 4.84 Å². The van der Waals surface area contributed by atoms with E-state index >= 15 is 0 Å². The standard InChI is InChI=1S/C16H13ClN2O5/c1-16(2,3)24-18-14(20)9-6-4-5-8-12(9)10(15(18)21)7-11(13(8)17)19(22)23/h4-7H,1-3H3. The van der Waals surface area contributed by atoms with E-state index in [1.165, 1.54) is 6.07 Å². The van der Waals surface area contributed by atoms with Crippen LogP contribution < -0.4 is 0 Å². The van der Waals surface area contributed by atoms with Crippen molar-refractivity contribution in [1.82, 2.24) is 5.06 Å². The normalized spacial score (nSPS) is 14.4. The Morgan fingerprint density at radius 3 is 2.38 bits per heavy atom. The summed E-state index contributed by atoms with van der Waals surface area (Å²) < 4.78 is 0. The molecule has 0 N–H and O–H groups in total. The molecule has 0 aliphatic carbocycles. The lowest BCUT2D eigenvalue weighted by Gasteiger charge is -2.31. The molecule has 0 unspecified atom stereocenters. The lowest BCUT2D eigenvalue weighted by molar-refractivity contribution is -0.384. The Labute approximate surface area is 141 Å². The molecule has 0 radical (unpaired) electrons. The number of carbonyl (C=O) groups is 2. The average Bonchev–Trinajstić information content (AvgIpc) is 2.49. The number of nitro benzene ring substituents is 1. The summed E-state index contributed by atoms with van der Waals surface area (Å²) in [5, 5.41) is 12.3. The molecule has 2 aromatic rings. The molecular formula is C16H13ClN2O5. The lowest BCUT2D eigenvalue weighted by Crippen LogP contribution is -2.44. The molecule has 24 heavy (non-hydrogen) atoms. The Hall–Kier alpha value is -2.51. The quantitative estimate of drug-likeness (QED) is 0.468. The molecule has 7 nitrogen and oxygen atoms in total. The minimum absolute atomic E-state index is 0.0144. The fraction of sp³-hybridized carbons (Fsp3) is 0.250. The van der Waals surface area contributed by atoms with Crippen molar-refractivity contribution in [3.8, 4) is 0 Å². The van der Waals surface area contributed by atoms with Gasteiger partial charge in [0.25, 0.3) is 17.5 Å². The summed E-state index contributed by atoms with van der Waals surface area (Å²) in [5.41, 5.74) is -0.965. The molecule has 1 heterocycles. The van der Waals surface area contributed by atoms with Crippen molar-refractivity contribution in [3.63, 3.8) is 0 Å². The maximum absolute atomic E-state index is 12.7. The van der Waals surface area contributed by atoms with Gasteiger partial charge in [-0.25, -0.2) is 0 Å². The van der Waals surface area contributed by atoms with Gasteiger partial charge in [0.15, 0.2) is 0 Å². The number of imide groups is 1. The van der Waals surface area contributed by atoms with Crippen LogP contribution in [0.1, 0.15) is 41.5 Å². The summed E-state index contributed by atoms with van der Waals surface area (Å²) in [6.45, 7) is 5.07. The summed E-state index contributed by atoms with van der Waals surface area (Å²) in [6, 6.07) is 5.71. The zero-order valence-electron chi connectivity index (χ0n) is 13.1. The zero-order valence-corrected chi connectivity index (χ0v) is 13.9. The summed E-state index contributed by atoms with van der Waals surface area (Å²) in [7, 11) is 0. The number of nitrogens with zero attached hydrogens (tertiary/aromatic N) is 2. The molecular weight excluding hydrogens is 336 g/mol. The van der Waals surface area contributed by atoms with Crippen LogP contribution in [0.5, 0.6) is 0 Å². The van der Waals surface area contributed by atoms with E-state index in [9.17, 15) is 19.7 Å². The highest BCUT2D eigenvalue weighted by Gasteiger charge is 2.38. The van der Waals surface area contributed by atoms with Crippen LogP contribution in [0.2, 0.25) is 5.02 Å². The maximum Gasteiger partial charge on any atom is 0.289 e. The highest BCUT2D eigenvalue weighted by Crippen LogP contribution is 2.40. The molecule has 0 aromatic heterocycles. The molecule has 3 rings (SSSR count). The topological polar surface area (TPSA) is 89.8 Å². The second-order valence-corrected chi connectivity index (χ2v) is 6.73.